The molecule has 0 saturated heterocycles. The van der Waals surface area contributed by atoms with Gasteiger partial charge in [-0.1, -0.05) is 30.3 Å². The molecule has 0 atom stereocenters. The van der Waals surface area contributed by atoms with Crippen molar-refractivity contribution >= 4 is 34.2 Å². The van der Waals surface area contributed by atoms with Crippen LogP contribution >= 0.6 is 11.3 Å². The number of benzene rings is 1. The first-order valence-corrected chi connectivity index (χ1v) is 9.59. The Labute approximate surface area is 163 Å². The van der Waals surface area contributed by atoms with Crippen LogP contribution in [-0.2, 0) is 16.0 Å². The van der Waals surface area contributed by atoms with E-state index in [-0.39, 0.29) is 12.6 Å². The summed E-state index contributed by atoms with van der Waals surface area (Å²) in [4.78, 5) is 38.7. The maximum atomic E-state index is 12.5. The Kier molecular flexibility index (Phi) is 7.12. The third kappa shape index (κ3) is 5.40. The molecule has 0 unspecified atom stereocenters. The van der Waals surface area contributed by atoms with Crippen LogP contribution in [0.25, 0.3) is 0 Å². The van der Waals surface area contributed by atoms with Crippen molar-refractivity contribution in [3.05, 3.63) is 52.4 Å². The van der Waals surface area contributed by atoms with E-state index in [1.807, 2.05) is 44.2 Å². The molecule has 1 aromatic carbocycles. The first-order chi connectivity index (χ1) is 12.8. The number of urea groups is 1. The van der Waals surface area contributed by atoms with Crippen LogP contribution in [-0.4, -0.2) is 30.6 Å². The fraction of sp³-hybridized carbons (Fsp3) is 0.350. The first-order valence-electron chi connectivity index (χ1n) is 8.78. The Morgan fingerprint density at radius 3 is 2.41 bits per heavy atom. The highest BCUT2D eigenvalue weighted by atomic mass is 32.1. The van der Waals surface area contributed by atoms with Crippen molar-refractivity contribution in [3.63, 3.8) is 0 Å². The van der Waals surface area contributed by atoms with E-state index in [0.717, 1.165) is 10.4 Å². The minimum Gasteiger partial charge on any atom is -0.462 e. The molecule has 0 radical (unpaired) electrons. The van der Waals surface area contributed by atoms with E-state index in [4.69, 9.17) is 4.74 Å². The van der Waals surface area contributed by atoms with Crippen molar-refractivity contribution in [2.75, 3.05) is 11.5 Å². The van der Waals surface area contributed by atoms with Crippen LogP contribution in [0.4, 0.5) is 9.80 Å². The number of nitrogens with one attached hydrogen (secondary N) is 1. The molecule has 0 bridgehead atoms. The maximum absolute atomic E-state index is 12.5. The second-order valence-corrected chi connectivity index (χ2v) is 7.38. The van der Waals surface area contributed by atoms with Gasteiger partial charge in [0.1, 0.15) is 5.00 Å². The monoisotopic (exact) mass is 388 g/mol. The quantitative estimate of drug-likeness (QED) is 0.759. The highest BCUT2D eigenvalue weighted by Gasteiger charge is 2.28. The van der Waals surface area contributed by atoms with Gasteiger partial charge in [0.05, 0.1) is 12.2 Å². The summed E-state index contributed by atoms with van der Waals surface area (Å²) in [7, 11) is 0. The minimum atomic E-state index is -0.559. The predicted octanol–water partition coefficient (Wildman–Crippen LogP) is 3.99. The molecule has 0 aliphatic rings. The number of imide groups is 1. The molecule has 27 heavy (non-hydrogen) atoms. The van der Waals surface area contributed by atoms with Gasteiger partial charge in [0.15, 0.2) is 0 Å². The van der Waals surface area contributed by atoms with Gasteiger partial charge in [-0.05, 0) is 32.4 Å². The van der Waals surface area contributed by atoms with Gasteiger partial charge in [0.25, 0.3) is 0 Å². The van der Waals surface area contributed by atoms with Gasteiger partial charge < -0.3 is 4.74 Å². The van der Waals surface area contributed by atoms with Gasteiger partial charge in [-0.15, -0.1) is 11.3 Å². The molecule has 1 N–H and O–H groups in total. The van der Waals surface area contributed by atoms with Crippen LogP contribution in [0.15, 0.2) is 36.4 Å². The SMILES string of the molecule is CCOC(=O)c1cc(Cc2ccccc2)sc1N(C(=O)NC(C)=O)C(C)C. The number of rotatable bonds is 6. The molecule has 6 nitrogen and oxygen atoms in total. The highest BCUT2D eigenvalue weighted by Crippen LogP contribution is 2.35. The van der Waals surface area contributed by atoms with Gasteiger partial charge in [0.2, 0.25) is 5.91 Å². The number of esters is 1. The summed E-state index contributed by atoms with van der Waals surface area (Å²) in [6.07, 6.45) is 0.637. The summed E-state index contributed by atoms with van der Waals surface area (Å²) in [5, 5.41) is 2.76. The molecule has 144 valence electrons. The van der Waals surface area contributed by atoms with Gasteiger partial charge in [0, 0.05) is 24.3 Å². The Morgan fingerprint density at radius 1 is 1.19 bits per heavy atom. The van der Waals surface area contributed by atoms with Crippen LogP contribution in [0.3, 0.4) is 0 Å². The molecule has 1 aromatic heterocycles. The zero-order valence-electron chi connectivity index (χ0n) is 15.9. The molecular weight excluding hydrogens is 364 g/mol. The van der Waals surface area contributed by atoms with Gasteiger partial charge in [-0.25, -0.2) is 9.59 Å². The third-order valence-corrected chi connectivity index (χ3v) is 4.85. The smallest absolute Gasteiger partial charge is 0.341 e. The average molecular weight is 388 g/mol. The Hall–Kier alpha value is -2.67. The van der Waals surface area contributed by atoms with E-state index < -0.39 is 17.9 Å². The molecule has 2 aromatic rings. The zero-order chi connectivity index (χ0) is 20.0. The van der Waals surface area contributed by atoms with Gasteiger partial charge in [-0.3, -0.25) is 15.0 Å². The third-order valence-electron chi connectivity index (χ3n) is 3.72. The number of thiophene rings is 1. The van der Waals surface area contributed by atoms with Crippen molar-refractivity contribution in [2.45, 2.75) is 40.2 Å². The number of anilines is 1. The van der Waals surface area contributed by atoms with Crippen LogP contribution in [0.1, 0.15) is 48.5 Å². The summed E-state index contributed by atoms with van der Waals surface area (Å²) in [5.74, 6) is -0.936. The van der Waals surface area contributed by atoms with Crippen LogP contribution in [0.5, 0.6) is 0 Å². The normalized spacial score (nSPS) is 10.6. The van der Waals surface area contributed by atoms with Crippen molar-refractivity contribution in [1.29, 1.82) is 0 Å². The average Bonchev–Trinajstić information content (AvgIpc) is 2.98. The molecule has 1 heterocycles. The Morgan fingerprint density at radius 2 is 1.85 bits per heavy atom. The summed E-state index contributed by atoms with van der Waals surface area (Å²) in [5.41, 5.74) is 1.44. The lowest BCUT2D eigenvalue weighted by Gasteiger charge is -2.25. The van der Waals surface area contributed by atoms with Crippen molar-refractivity contribution < 1.29 is 19.1 Å². The molecule has 7 heteroatoms. The molecule has 0 fully saturated rings. The molecule has 0 spiro atoms. The van der Waals surface area contributed by atoms with Crippen LogP contribution in [0.2, 0.25) is 0 Å². The van der Waals surface area contributed by atoms with E-state index in [1.165, 1.54) is 23.2 Å². The van der Waals surface area contributed by atoms with Crippen LogP contribution < -0.4 is 10.2 Å². The fourth-order valence-corrected chi connectivity index (χ4v) is 3.93. The van der Waals surface area contributed by atoms with E-state index in [0.29, 0.717) is 17.0 Å². The molecular formula is C20H24N2O4S. The number of carbonyl (C=O) groups excluding carboxylic acids is 3. The lowest BCUT2D eigenvalue weighted by molar-refractivity contribution is -0.117. The second kappa shape index (κ2) is 9.32. The second-order valence-electron chi connectivity index (χ2n) is 6.26. The Balaban J connectivity index is 2.45. The van der Waals surface area contributed by atoms with Gasteiger partial charge >= 0.3 is 12.0 Å². The molecule has 3 amide bonds. The number of amides is 3. The molecule has 0 aliphatic heterocycles. The maximum Gasteiger partial charge on any atom is 0.341 e. The standard InChI is InChI=1S/C20H24N2O4S/c1-5-26-19(24)17-12-16(11-15-9-7-6-8-10-15)27-18(17)22(13(2)3)20(25)21-14(4)23/h6-10,12-13H,5,11H2,1-4H3,(H,21,23,25). The number of hydrogen-bond acceptors (Lipinski definition) is 5. The summed E-state index contributed by atoms with van der Waals surface area (Å²) in [6.45, 7) is 6.90. The Bertz CT molecular complexity index is 815. The lowest BCUT2D eigenvalue weighted by Crippen LogP contribution is -2.46. The minimum absolute atomic E-state index is 0.240. The number of nitrogens with zero attached hydrogens (tertiary/aromatic N) is 1. The topological polar surface area (TPSA) is 75.7 Å². The van der Waals surface area contributed by atoms with Gasteiger partial charge in [-0.2, -0.15) is 0 Å². The molecule has 0 aliphatic carbocycles. The van der Waals surface area contributed by atoms with Crippen LogP contribution in [0, 0.1) is 0 Å². The summed E-state index contributed by atoms with van der Waals surface area (Å²) >= 11 is 1.35. The summed E-state index contributed by atoms with van der Waals surface area (Å²) < 4.78 is 5.17. The fourth-order valence-electron chi connectivity index (χ4n) is 2.62. The lowest BCUT2D eigenvalue weighted by atomic mass is 10.1. The van der Waals surface area contributed by atoms with Crippen molar-refractivity contribution in [2.24, 2.45) is 0 Å². The van der Waals surface area contributed by atoms with E-state index in [2.05, 4.69) is 5.32 Å². The first kappa shape index (κ1) is 20.6. The zero-order valence-corrected chi connectivity index (χ0v) is 16.8. The largest absolute Gasteiger partial charge is 0.462 e. The van der Waals surface area contributed by atoms with E-state index in [1.54, 1.807) is 13.0 Å². The van der Waals surface area contributed by atoms with Crippen molar-refractivity contribution in [3.8, 4) is 0 Å². The number of hydrogen-bond donors (Lipinski definition) is 1. The molecule has 0 saturated carbocycles. The van der Waals surface area contributed by atoms with E-state index in [9.17, 15) is 14.4 Å². The predicted molar refractivity (Wildman–Crippen MR) is 106 cm³/mol. The molecule has 2 rings (SSSR count). The summed E-state index contributed by atoms with van der Waals surface area (Å²) in [6, 6.07) is 10.8. The number of ether oxygens (including phenoxy) is 1. The number of carbonyl (C=O) groups is 3. The highest BCUT2D eigenvalue weighted by molar-refractivity contribution is 7.16. The van der Waals surface area contributed by atoms with E-state index >= 15 is 0 Å². The van der Waals surface area contributed by atoms with Crippen molar-refractivity contribution in [1.82, 2.24) is 5.32 Å².